The summed E-state index contributed by atoms with van der Waals surface area (Å²) in [7, 11) is 0. The lowest BCUT2D eigenvalue weighted by Crippen LogP contribution is -2.37. The van der Waals surface area contributed by atoms with Crippen LogP contribution in [-0.2, 0) is 4.79 Å². The summed E-state index contributed by atoms with van der Waals surface area (Å²) in [6, 6.07) is 25.4. The van der Waals surface area contributed by atoms with Crippen LogP contribution in [0.3, 0.4) is 0 Å². The number of benzene rings is 2. The zero-order valence-electron chi connectivity index (χ0n) is 19.7. The van der Waals surface area contributed by atoms with Gasteiger partial charge in [0.25, 0.3) is 0 Å². The molecule has 2 aromatic carbocycles. The van der Waals surface area contributed by atoms with Gasteiger partial charge in [0.15, 0.2) is 5.11 Å². The molecule has 0 spiro atoms. The summed E-state index contributed by atoms with van der Waals surface area (Å²) < 4.78 is 2.17. The molecule has 0 saturated carbocycles. The van der Waals surface area contributed by atoms with Gasteiger partial charge in [0.1, 0.15) is 6.54 Å². The minimum atomic E-state index is -0.226. The van der Waals surface area contributed by atoms with Crippen molar-refractivity contribution in [1.82, 2.24) is 19.8 Å². The van der Waals surface area contributed by atoms with Gasteiger partial charge in [0.05, 0.1) is 17.8 Å². The molecule has 0 bridgehead atoms. The molecule has 2 N–H and O–H groups in total. The van der Waals surface area contributed by atoms with Crippen LogP contribution in [0.5, 0.6) is 0 Å². The number of para-hydroxylation sites is 1. The van der Waals surface area contributed by atoms with E-state index in [0.29, 0.717) is 5.11 Å². The number of hydrogen-bond acceptors (Lipinski definition) is 3. The minimum Gasteiger partial charge on any atom is -0.352 e. The van der Waals surface area contributed by atoms with E-state index in [1.54, 1.807) is 6.20 Å². The van der Waals surface area contributed by atoms with Gasteiger partial charge in [-0.25, -0.2) is 0 Å². The molecule has 1 fully saturated rings. The van der Waals surface area contributed by atoms with Crippen LogP contribution in [0.2, 0.25) is 0 Å². The summed E-state index contributed by atoms with van der Waals surface area (Å²) in [6.07, 6.45) is 3.84. The van der Waals surface area contributed by atoms with Crippen molar-refractivity contribution in [2.24, 2.45) is 0 Å². The van der Waals surface area contributed by atoms with E-state index in [2.05, 4.69) is 64.5 Å². The highest BCUT2D eigenvalue weighted by atomic mass is 32.1. The van der Waals surface area contributed by atoms with Gasteiger partial charge >= 0.3 is 0 Å². The molecule has 35 heavy (non-hydrogen) atoms. The van der Waals surface area contributed by atoms with Crippen molar-refractivity contribution in [2.45, 2.75) is 25.9 Å². The monoisotopic (exact) mass is 481 g/mol. The topological polar surface area (TPSA) is 62.2 Å². The Morgan fingerprint density at radius 2 is 1.80 bits per heavy atom. The predicted molar refractivity (Wildman–Crippen MR) is 142 cm³/mol. The van der Waals surface area contributed by atoms with E-state index in [1.165, 1.54) is 11.1 Å². The second kappa shape index (κ2) is 9.72. The summed E-state index contributed by atoms with van der Waals surface area (Å²) in [5.74, 6) is -0.128. The first kappa shape index (κ1) is 22.8. The number of carbonyl (C=O) groups excluding carboxylic acids is 1. The van der Waals surface area contributed by atoms with Gasteiger partial charge < -0.3 is 20.1 Å². The number of nitrogens with one attached hydrogen (secondary N) is 2. The Hall–Kier alpha value is -3.97. The largest absolute Gasteiger partial charge is 0.352 e. The van der Waals surface area contributed by atoms with Crippen molar-refractivity contribution < 1.29 is 4.79 Å². The van der Waals surface area contributed by atoms with Crippen LogP contribution in [0.1, 0.15) is 34.6 Å². The Balaban J connectivity index is 1.52. The molecule has 1 aliphatic heterocycles. The average Bonchev–Trinajstić information content (AvgIpc) is 3.46. The number of carbonyl (C=O) groups is 1. The van der Waals surface area contributed by atoms with Gasteiger partial charge in [-0.2, -0.15) is 0 Å². The maximum atomic E-state index is 13.0. The van der Waals surface area contributed by atoms with Crippen molar-refractivity contribution >= 4 is 28.9 Å². The first-order chi connectivity index (χ1) is 17.0. The second-order valence-electron chi connectivity index (χ2n) is 8.74. The normalized spacial score (nSPS) is 17.3. The summed E-state index contributed by atoms with van der Waals surface area (Å²) in [6.45, 7) is 4.34. The standard InChI is InChI=1S/C28H27N5OS/c1-19-13-14-22(17-20(19)2)32-16-8-12-24(32)27-26(23-11-6-7-15-29-23)31-28(35)33(27)18-25(34)30-21-9-4-3-5-10-21/h3-17,26-27H,18H2,1-2H3,(H,30,34)(H,31,35)/t26-,27-/m0/s1. The third kappa shape index (κ3) is 4.68. The molecule has 2 aromatic heterocycles. The number of aryl methyl sites for hydroxylation is 2. The van der Waals surface area contributed by atoms with Gasteiger partial charge in [-0.05, 0) is 85.7 Å². The highest BCUT2D eigenvalue weighted by Crippen LogP contribution is 2.39. The molecule has 0 aliphatic carbocycles. The van der Waals surface area contributed by atoms with Crippen molar-refractivity contribution in [2.75, 3.05) is 11.9 Å². The number of rotatable bonds is 6. The second-order valence-corrected chi connectivity index (χ2v) is 9.13. The predicted octanol–water partition coefficient (Wildman–Crippen LogP) is 5.10. The van der Waals surface area contributed by atoms with Crippen LogP contribution in [0, 0.1) is 13.8 Å². The Labute approximate surface area is 210 Å². The first-order valence-corrected chi connectivity index (χ1v) is 12.0. The van der Waals surface area contributed by atoms with Crippen LogP contribution in [0.15, 0.2) is 91.3 Å². The van der Waals surface area contributed by atoms with Crippen molar-refractivity contribution in [3.63, 3.8) is 0 Å². The van der Waals surface area contributed by atoms with Crippen molar-refractivity contribution in [3.8, 4) is 5.69 Å². The molecule has 3 heterocycles. The molecule has 2 atom stereocenters. The Morgan fingerprint density at radius 1 is 1.00 bits per heavy atom. The average molecular weight is 482 g/mol. The summed E-state index contributed by atoms with van der Waals surface area (Å²) in [5, 5.41) is 6.94. The Kier molecular flexibility index (Phi) is 6.33. The SMILES string of the molecule is Cc1ccc(-n2cccc2[C@H]2[C@H](c3ccccn3)NC(=S)N2CC(=O)Nc2ccccc2)cc1C. The fourth-order valence-corrected chi connectivity index (χ4v) is 4.82. The fraction of sp³-hybridized carbons (Fsp3) is 0.179. The van der Waals surface area contributed by atoms with E-state index in [4.69, 9.17) is 12.2 Å². The van der Waals surface area contributed by atoms with E-state index in [1.807, 2.05) is 59.5 Å². The molecule has 7 heteroatoms. The smallest absolute Gasteiger partial charge is 0.244 e. The quantitative estimate of drug-likeness (QED) is 0.375. The van der Waals surface area contributed by atoms with Crippen LogP contribution in [-0.4, -0.2) is 32.0 Å². The highest BCUT2D eigenvalue weighted by Gasteiger charge is 2.42. The number of hydrogen-bond donors (Lipinski definition) is 2. The van der Waals surface area contributed by atoms with Gasteiger partial charge in [-0.15, -0.1) is 0 Å². The molecule has 1 amide bonds. The maximum Gasteiger partial charge on any atom is 0.244 e. The first-order valence-electron chi connectivity index (χ1n) is 11.6. The third-order valence-electron chi connectivity index (χ3n) is 6.42. The van der Waals surface area contributed by atoms with Gasteiger partial charge in [0, 0.05) is 29.5 Å². The number of thiocarbonyl (C=S) groups is 1. The molecule has 0 radical (unpaired) electrons. The van der Waals surface area contributed by atoms with Crippen LogP contribution in [0.4, 0.5) is 5.69 Å². The van der Waals surface area contributed by atoms with E-state index in [0.717, 1.165) is 22.8 Å². The molecule has 0 unspecified atom stereocenters. The number of anilines is 1. The Morgan fingerprint density at radius 3 is 2.54 bits per heavy atom. The lowest BCUT2D eigenvalue weighted by molar-refractivity contribution is -0.116. The fourth-order valence-electron chi connectivity index (χ4n) is 4.52. The highest BCUT2D eigenvalue weighted by molar-refractivity contribution is 7.80. The van der Waals surface area contributed by atoms with Crippen LogP contribution < -0.4 is 10.6 Å². The van der Waals surface area contributed by atoms with E-state index in [-0.39, 0.29) is 24.5 Å². The van der Waals surface area contributed by atoms with E-state index in [9.17, 15) is 4.79 Å². The lowest BCUT2D eigenvalue weighted by atomic mass is 10.0. The molecular weight excluding hydrogens is 454 g/mol. The van der Waals surface area contributed by atoms with Gasteiger partial charge in [0.2, 0.25) is 5.91 Å². The zero-order valence-corrected chi connectivity index (χ0v) is 20.5. The zero-order chi connectivity index (χ0) is 24.4. The molecule has 1 saturated heterocycles. The lowest BCUT2D eigenvalue weighted by Gasteiger charge is -2.28. The van der Waals surface area contributed by atoms with Gasteiger partial charge in [-0.3, -0.25) is 9.78 Å². The van der Waals surface area contributed by atoms with E-state index >= 15 is 0 Å². The van der Waals surface area contributed by atoms with Gasteiger partial charge in [-0.1, -0.05) is 30.3 Å². The minimum absolute atomic E-state index is 0.118. The molecule has 176 valence electrons. The van der Waals surface area contributed by atoms with Crippen LogP contribution >= 0.6 is 12.2 Å². The number of pyridine rings is 1. The molecule has 1 aliphatic rings. The summed E-state index contributed by atoms with van der Waals surface area (Å²) in [4.78, 5) is 19.6. The molecule has 6 nitrogen and oxygen atoms in total. The number of nitrogens with zero attached hydrogens (tertiary/aromatic N) is 3. The molecular formula is C28H27N5OS. The summed E-state index contributed by atoms with van der Waals surface area (Å²) >= 11 is 5.75. The number of aromatic nitrogens is 2. The molecule has 5 rings (SSSR count). The molecule has 4 aromatic rings. The van der Waals surface area contributed by atoms with Crippen molar-refractivity contribution in [1.29, 1.82) is 0 Å². The van der Waals surface area contributed by atoms with Crippen LogP contribution in [0.25, 0.3) is 5.69 Å². The third-order valence-corrected chi connectivity index (χ3v) is 6.77. The summed E-state index contributed by atoms with van der Waals surface area (Å²) in [5.41, 5.74) is 6.20. The Bertz CT molecular complexity index is 1350. The van der Waals surface area contributed by atoms with E-state index < -0.39 is 0 Å². The maximum absolute atomic E-state index is 13.0. The number of amides is 1. The van der Waals surface area contributed by atoms with Crippen molar-refractivity contribution in [3.05, 3.63) is 114 Å².